The number of thioether (sulfide) groups is 1. The van der Waals surface area contributed by atoms with Crippen molar-refractivity contribution in [2.45, 2.75) is 36.3 Å². The molecule has 0 unspecified atom stereocenters. The van der Waals surface area contributed by atoms with Gasteiger partial charge in [-0.15, -0.1) is 11.8 Å². The highest BCUT2D eigenvalue weighted by Crippen LogP contribution is 2.37. The minimum Gasteiger partial charge on any atom is -0.490 e. The third-order valence-electron chi connectivity index (χ3n) is 4.90. The Morgan fingerprint density at radius 3 is 3.00 bits per heavy atom. The third-order valence-corrected chi connectivity index (χ3v) is 6.25. The molecule has 2 aromatic carbocycles. The molecule has 0 saturated carbocycles. The normalized spacial score (nSPS) is 21.5. The molecule has 2 aliphatic rings. The lowest BCUT2D eigenvalue weighted by atomic mass is 10.0. The van der Waals surface area contributed by atoms with E-state index < -0.39 is 0 Å². The molecule has 1 fully saturated rings. The summed E-state index contributed by atoms with van der Waals surface area (Å²) >= 11 is 7.97. The molecule has 0 aliphatic carbocycles. The van der Waals surface area contributed by atoms with E-state index >= 15 is 0 Å². The second kappa shape index (κ2) is 8.55. The Bertz CT molecular complexity index is 823. The molecule has 0 bridgehead atoms. The molecule has 4 rings (SSSR count). The molecule has 0 spiro atoms. The van der Waals surface area contributed by atoms with Gasteiger partial charge in [0.2, 0.25) is 0 Å². The van der Waals surface area contributed by atoms with Crippen molar-refractivity contribution in [3.63, 3.8) is 0 Å². The SMILES string of the molecule is O=C(N[C@H]1CCSc2ccc(Cl)cc21)c1ccccc1OC[C@@H]1CCCO1. The van der Waals surface area contributed by atoms with Gasteiger partial charge < -0.3 is 14.8 Å². The first-order valence-electron chi connectivity index (χ1n) is 9.27. The van der Waals surface area contributed by atoms with Crippen LogP contribution in [0.5, 0.6) is 5.75 Å². The number of ether oxygens (including phenoxy) is 2. The predicted molar refractivity (Wildman–Crippen MR) is 108 cm³/mol. The fraction of sp³-hybridized carbons (Fsp3) is 0.381. The first-order chi connectivity index (χ1) is 13.2. The minimum absolute atomic E-state index is 0.0429. The zero-order valence-corrected chi connectivity index (χ0v) is 16.5. The Morgan fingerprint density at radius 1 is 1.26 bits per heavy atom. The van der Waals surface area contributed by atoms with Gasteiger partial charge in [0.1, 0.15) is 12.4 Å². The largest absolute Gasteiger partial charge is 0.490 e. The Balaban J connectivity index is 1.48. The van der Waals surface area contributed by atoms with Gasteiger partial charge in [-0.3, -0.25) is 4.79 Å². The van der Waals surface area contributed by atoms with Crippen LogP contribution in [-0.4, -0.2) is 31.0 Å². The molecule has 6 heteroatoms. The number of para-hydroxylation sites is 1. The summed E-state index contributed by atoms with van der Waals surface area (Å²) in [5.74, 6) is 1.44. The molecule has 0 radical (unpaired) electrons. The average Bonchev–Trinajstić information content (AvgIpc) is 3.21. The van der Waals surface area contributed by atoms with E-state index in [1.807, 2.05) is 36.4 Å². The summed E-state index contributed by atoms with van der Waals surface area (Å²) in [6, 6.07) is 13.2. The van der Waals surface area contributed by atoms with Crippen LogP contribution in [0.1, 0.15) is 41.2 Å². The highest BCUT2D eigenvalue weighted by Gasteiger charge is 2.24. The first kappa shape index (κ1) is 18.7. The van der Waals surface area contributed by atoms with Gasteiger partial charge in [-0.2, -0.15) is 0 Å². The lowest BCUT2D eigenvalue weighted by molar-refractivity contribution is 0.0670. The number of halogens is 1. The van der Waals surface area contributed by atoms with Crippen LogP contribution in [0.3, 0.4) is 0 Å². The third kappa shape index (κ3) is 4.42. The molecule has 1 N–H and O–H groups in total. The van der Waals surface area contributed by atoms with Crippen molar-refractivity contribution in [1.29, 1.82) is 0 Å². The van der Waals surface area contributed by atoms with Crippen molar-refractivity contribution in [1.82, 2.24) is 5.32 Å². The number of fused-ring (bicyclic) bond motifs is 1. The molecule has 2 atom stereocenters. The van der Waals surface area contributed by atoms with E-state index in [1.54, 1.807) is 17.8 Å². The monoisotopic (exact) mass is 403 g/mol. The van der Waals surface area contributed by atoms with Crippen LogP contribution in [0.2, 0.25) is 5.02 Å². The van der Waals surface area contributed by atoms with E-state index in [9.17, 15) is 4.79 Å². The molecule has 1 amide bonds. The van der Waals surface area contributed by atoms with Crippen molar-refractivity contribution in [3.8, 4) is 5.75 Å². The van der Waals surface area contributed by atoms with Crippen LogP contribution in [0, 0.1) is 0 Å². The maximum atomic E-state index is 13.0. The van der Waals surface area contributed by atoms with E-state index in [0.29, 0.717) is 22.9 Å². The highest BCUT2D eigenvalue weighted by atomic mass is 35.5. The van der Waals surface area contributed by atoms with Crippen LogP contribution in [0.4, 0.5) is 0 Å². The molecule has 0 aromatic heterocycles. The van der Waals surface area contributed by atoms with Gasteiger partial charge in [-0.25, -0.2) is 0 Å². The summed E-state index contributed by atoms with van der Waals surface area (Å²) in [6.45, 7) is 1.26. The molecule has 4 nitrogen and oxygen atoms in total. The predicted octanol–water partition coefficient (Wildman–Crippen LogP) is 4.86. The molecule has 1 saturated heterocycles. The Morgan fingerprint density at radius 2 is 2.15 bits per heavy atom. The fourth-order valence-electron chi connectivity index (χ4n) is 3.49. The van der Waals surface area contributed by atoms with E-state index in [0.717, 1.165) is 37.2 Å². The second-order valence-electron chi connectivity index (χ2n) is 6.79. The summed E-state index contributed by atoms with van der Waals surface area (Å²) in [6.07, 6.45) is 3.07. The zero-order chi connectivity index (χ0) is 18.6. The Hall–Kier alpha value is -1.69. The van der Waals surface area contributed by atoms with E-state index in [4.69, 9.17) is 21.1 Å². The maximum absolute atomic E-state index is 13.0. The molecular weight excluding hydrogens is 382 g/mol. The number of amides is 1. The van der Waals surface area contributed by atoms with Gasteiger partial charge >= 0.3 is 0 Å². The fourth-order valence-corrected chi connectivity index (χ4v) is 4.78. The van der Waals surface area contributed by atoms with E-state index in [-0.39, 0.29) is 18.1 Å². The van der Waals surface area contributed by atoms with Gasteiger partial charge in [0, 0.05) is 22.3 Å². The topological polar surface area (TPSA) is 47.6 Å². The standard InChI is InChI=1S/C21H22ClNO3S/c22-14-7-8-20-17(12-14)18(9-11-27-20)23-21(24)16-5-1-2-6-19(16)26-13-15-4-3-10-25-15/h1-2,5-8,12,15,18H,3-4,9-11,13H2,(H,23,24)/t15-,18-/m0/s1. The van der Waals surface area contributed by atoms with Gasteiger partial charge in [0.15, 0.2) is 0 Å². The lowest BCUT2D eigenvalue weighted by Crippen LogP contribution is -2.31. The van der Waals surface area contributed by atoms with E-state index in [1.165, 1.54) is 4.90 Å². The van der Waals surface area contributed by atoms with Gasteiger partial charge in [-0.05, 0) is 55.2 Å². The number of benzene rings is 2. The Labute approximate surface area is 168 Å². The summed E-state index contributed by atoms with van der Waals surface area (Å²) in [7, 11) is 0. The smallest absolute Gasteiger partial charge is 0.255 e. The van der Waals surface area contributed by atoms with Crippen LogP contribution in [0.25, 0.3) is 0 Å². The Kier molecular flexibility index (Phi) is 5.91. The van der Waals surface area contributed by atoms with Crippen LogP contribution in [-0.2, 0) is 4.74 Å². The van der Waals surface area contributed by atoms with Gasteiger partial charge in [-0.1, -0.05) is 23.7 Å². The van der Waals surface area contributed by atoms with Gasteiger partial charge in [0.05, 0.1) is 17.7 Å². The van der Waals surface area contributed by atoms with Crippen molar-refractivity contribution in [2.75, 3.05) is 19.0 Å². The minimum atomic E-state index is -0.124. The molecular formula is C21H22ClNO3S. The number of carbonyl (C=O) groups is 1. The quantitative estimate of drug-likeness (QED) is 0.774. The molecule has 2 aliphatic heterocycles. The molecule has 142 valence electrons. The average molecular weight is 404 g/mol. The number of nitrogens with one attached hydrogen (secondary N) is 1. The zero-order valence-electron chi connectivity index (χ0n) is 14.9. The number of hydrogen-bond donors (Lipinski definition) is 1. The highest BCUT2D eigenvalue weighted by molar-refractivity contribution is 7.99. The summed E-state index contributed by atoms with van der Waals surface area (Å²) in [4.78, 5) is 14.1. The molecule has 2 heterocycles. The van der Waals surface area contributed by atoms with E-state index in [2.05, 4.69) is 5.32 Å². The summed E-state index contributed by atoms with van der Waals surface area (Å²) in [5, 5.41) is 3.86. The van der Waals surface area contributed by atoms with Crippen LogP contribution in [0.15, 0.2) is 47.4 Å². The molecule has 27 heavy (non-hydrogen) atoms. The number of hydrogen-bond acceptors (Lipinski definition) is 4. The van der Waals surface area contributed by atoms with Crippen molar-refractivity contribution >= 4 is 29.3 Å². The first-order valence-corrected chi connectivity index (χ1v) is 10.6. The number of rotatable bonds is 5. The van der Waals surface area contributed by atoms with Gasteiger partial charge in [0.25, 0.3) is 5.91 Å². The summed E-state index contributed by atoms with van der Waals surface area (Å²) in [5.41, 5.74) is 1.64. The molecule has 2 aromatic rings. The second-order valence-corrected chi connectivity index (χ2v) is 8.36. The summed E-state index contributed by atoms with van der Waals surface area (Å²) < 4.78 is 11.5. The van der Waals surface area contributed by atoms with Crippen LogP contribution >= 0.6 is 23.4 Å². The van der Waals surface area contributed by atoms with Crippen LogP contribution < -0.4 is 10.1 Å². The van der Waals surface area contributed by atoms with Crippen molar-refractivity contribution in [2.24, 2.45) is 0 Å². The maximum Gasteiger partial charge on any atom is 0.255 e. The van der Waals surface area contributed by atoms with Crippen molar-refractivity contribution < 1.29 is 14.3 Å². The lowest BCUT2D eigenvalue weighted by Gasteiger charge is -2.26. The number of carbonyl (C=O) groups excluding carboxylic acids is 1. The van der Waals surface area contributed by atoms with Crippen molar-refractivity contribution in [3.05, 3.63) is 58.6 Å².